The summed E-state index contributed by atoms with van der Waals surface area (Å²) in [5.74, 6) is 1.98. The second kappa shape index (κ2) is 6.16. The minimum Gasteiger partial charge on any atom is -0.266 e. The molecule has 0 saturated heterocycles. The zero-order valence-corrected chi connectivity index (χ0v) is 15.5. The molecule has 2 saturated carbocycles. The first kappa shape index (κ1) is 16.1. The van der Waals surface area contributed by atoms with Gasteiger partial charge in [0, 0.05) is 21.7 Å². The maximum absolute atomic E-state index is 12.5. The third kappa shape index (κ3) is 2.76. The van der Waals surface area contributed by atoms with Crippen molar-refractivity contribution in [1.29, 1.82) is 0 Å². The normalized spacial score (nSPS) is 26.3. The second-order valence-corrected chi connectivity index (χ2v) is 8.65. The van der Waals surface area contributed by atoms with E-state index in [4.69, 9.17) is 11.6 Å². The lowest BCUT2D eigenvalue weighted by molar-refractivity contribution is 0.0958. The summed E-state index contributed by atoms with van der Waals surface area (Å²) in [7, 11) is 0. The fraction of sp³-hybridized carbons (Fsp3) is 0.474. The molecule has 5 heteroatoms. The summed E-state index contributed by atoms with van der Waals surface area (Å²) in [5, 5.41) is 5.86. The van der Waals surface area contributed by atoms with Crippen LogP contribution in [0.1, 0.15) is 47.8 Å². The van der Waals surface area contributed by atoms with Crippen molar-refractivity contribution >= 4 is 44.6 Å². The number of amides is 1. The summed E-state index contributed by atoms with van der Waals surface area (Å²) in [6, 6.07) is 6.05. The van der Waals surface area contributed by atoms with E-state index < -0.39 is 0 Å². The molecule has 2 aliphatic rings. The molecule has 3 atom stereocenters. The Balaban J connectivity index is 1.52. The molecule has 1 heterocycles. The number of fused-ring (bicyclic) bond motifs is 3. The first-order valence-electron chi connectivity index (χ1n) is 8.56. The van der Waals surface area contributed by atoms with E-state index in [-0.39, 0.29) is 5.91 Å². The van der Waals surface area contributed by atoms with E-state index in [0.29, 0.717) is 15.8 Å². The van der Waals surface area contributed by atoms with Gasteiger partial charge in [-0.25, -0.2) is 5.43 Å². The third-order valence-electron chi connectivity index (χ3n) is 5.60. The number of nitrogens with one attached hydrogen (secondary N) is 1. The highest BCUT2D eigenvalue weighted by atomic mass is 35.5. The zero-order valence-electron chi connectivity index (χ0n) is 13.9. The van der Waals surface area contributed by atoms with Crippen LogP contribution in [-0.2, 0) is 0 Å². The Kier molecular flexibility index (Phi) is 4.13. The van der Waals surface area contributed by atoms with Gasteiger partial charge in [0.05, 0.1) is 5.02 Å². The summed E-state index contributed by atoms with van der Waals surface area (Å²) in [5.41, 5.74) is 4.95. The number of nitrogens with zero attached hydrogens (tertiary/aromatic N) is 1. The number of carbonyl (C=O) groups is 1. The minimum absolute atomic E-state index is 0.207. The highest BCUT2D eigenvalue weighted by Gasteiger charge is 2.40. The van der Waals surface area contributed by atoms with Crippen molar-refractivity contribution in [3.63, 3.8) is 0 Å². The van der Waals surface area contributed by atoms with E-state index in [1.807, 2.05) is 26.0 Å². The Hall–Kier alpha value is -1.39. The maximum Gasteiger partial charge on any atom is 0.283 e. The van der Waals surface area contributed by atoms with E-state index in [1.54, 1.807) is 0 Å². The standard InChI is InChI=1S/C19H21ClN2OS/c1-10-3-6-14-16(7-10)24-18(17(14)20)19(23)22-21-11(2)15-9-12-4-5-13(15)8-12/h3,6-7,12-13,15H,4-5,8-9H2,1-2H3,(H,22,23)/b21-11+. The van der Waals surface area contributed by atoms with Crippen LogP contribution in [-0.4, -0.2) is 11.6 Å². The monoisotopic (exact) mass is 360 g/mol. The fourth-order valence-corrected chi connectivity index (χ4v) is 5.85. The minimum atomic E-state index is -0.207. The average Bonchev–Trinajstić information content (AvgIpc) is 3.26. The maximum atomic E-state index is 12.5. The van der Waals surface area contributed by atoms with Crippen LogP contribution < -0.4 is 5.43 Å². The Bertz CT molecular complexity index is 841. The van der Waals surface area contributed by atoms with Gasteiger partial charge in [0.2, 0.25) is 0 Å². The molecule has 0 aliphatic heterocycles. The largest absolute Gasteiger partial charge is 0.283 e. The number of carbonyl (C=O) groups excluding carboxylic acids is 1. The molecule has 3 nitrogen and oxygen atoms in total. The number of thiophene rings is 1. The van der Waals surface area contributed by atoms with Gasteiger partial charge < -0.3 is 0 Å². The number of hydrazone groups is 1. The smallest absolute Gasteiger partial charge is 0.266 e. The summed E-state index contributed by atoms with van der Waals surface area (Å²) >= 11 is 7.83. The predicted molar refractivity (Wildman–Crippen MR) is 101 cm³/mol. The van der Waals surface area contributed by atoms with Gasteiger partial charge in [0.25, 0.3) is 5.91 Å². The van der Waals surface area contributed by atoms with E-state index in [2.05, 4.69) is 16.6 Å². The molecule has 1 aromatic heterocycles. The summed E-state index contributed by atoms with van der Waals surface area (Å²) in [6.45, 7) is 4.08. The highest BCUT2D eigenvalue weighted by molar-refractivity contribution is 7.21. The van der Waals surface area contributed by atoms with Crippen molar-refractivity contribution in [3.8, 4) is 0 Å². The molecule has 24 heavy (non-hydrogen) atoms. The summed E-state index contributed by atoms with van der Waals surface area (Å²) in [6.07, 6.45) is 5.26. The first-order chi connectivity index (χ1) is 11.5. The van der Waals surface area contributed by atoms with Gasteiger partial charge in [0.1, 0.15) is 4.88 Å². The molecule has 1 N–H and O–H groups in total. The van der Waals surface area contributed by atoms with Crippen molar-refractivity contribution in [2.75, 3.05) is 0 Å². The molecule has 2 bridgehead atoms. The molecule has 1 amide bonds. The molecular weight excluding hydrogens is 340 g/mol. The van der Waals surface area contributed by atoms with Crippen molar-refractivity contribution < 1.29 is 4.79 Å². The van der Waals surface area contributed by atoms with Crippen LogP contribution >= 0.6 is 22.9 Å². The topological polar surface area (TPSA) is 41.5 Å². The van der Waals surface area contributed by atoms with Gasteiger partial charge in [-0.3, -0.25) is 4.79 Å². The number of hydrogen-bond donors (Lipinski definition) is 1. The Morgan fingerprint density at radius 3 is 2.88 bits per heavy atom. The molecule has 2 aliphatic carbocycles. The Labute approximate surface area is 151 Å². The van der Waals surface area contributed by atoms with Crippen LogP contribution in [0.25, 0.3) is 10.1 Å². The van der Waals surface area contributed by atoms with Crippen LogP contribution in [0.4, 0.5) is 0 Å². The van der Waals surface area contributed by atoms with E-state index in [0.717, 1.165) is 33.2 Å². The molecule has 3 unspecified atom stereocenters. The molecule has 2 aromatic rings. The molecule has 2 fully saturated rings. The lowest BCUT2D eigenvalue weighted by atomic mass is 9.86. The lowest BCUT2D eigenvalue weighted by Gasteiger charge is -2.21. The fourth-order valence-electron chi connectivity index (χ4n) is 4.35. The summed E-state index contributed by atoms with van der Waals surface area (Å²) < 4.78 is 1.04. The average molecular weight is 361 g/mol. The van der Waals surface area contributed by atoms with Crippen molar-refractivity contribution in [3.05, 3.63) is 33.7 Å². The number of aryl methyl sites for hydroxylation is 1. The van der Waals surface area contributed by atoms with Crippen LogP contribution in [0, 0.1) is 24.7 Å². The van der Waals surface area contributed by atoms with Gasteiger partial charge in [-0.1, -0.05) is 30.2 Å². The van der Waals surface area contributed by atoms with Crippen molar-refractivity contribution in [2.45, 2.75) is 39.5 Å². The molecule has 1 aromatic carbocycles. The highest BCUT2D eigenvalue weighted by Crippen LogP contribution is 2.48. The Morgan fingerprint density at radius 1 is 1.33 bits per heavy atom. The Morgan fingerprint density at radius 2 is 2.17 bits per heavy atom. The van der Waals surface area contributed by atoms with E-state index >= 15 is 0 Å². The first-order valence-corrected chi connectivity index (χ1v) is 9.75. The van der Waals surface area contributed by atoms with Gasteiger partial charge >= 0.3 is 0 Å². The number of halogens is 1. The third-order valence-corrected chi connectivity index (χ3v) is 7.26. The molecule has 4 rings (SSSR count). The predicted octanol–water partition coefficient (Wildman–Crippen LogP) is 5.41. The van der Waals surface area contributed by atoms with Gasteiger partial charge in [-0.15, -0.1) is 11.3 Å². The van der Waals surface area contributed by atoms with Gasteiger partial charge in [-0.2, -0.15) is 5.10 Å². The zero-order chi connectivity index (χ0) is 16.8. The van der Waals surface area contributed by atoms with Gasteiger partial charge in [-0.05, 0) is 56.6 Å². The van der Waals surface area contributed by atoms with Crippen molar-refractivity contribution in [2.24, 2.45) is 22.9 Å². The van der Waals surface area contributed by atoms with Crippen LogP contribution in [0.5, 0.6) is 0 Å². The lowest BCUT2D eigenvalue weighted by Crippen LogP contribution is -2.24. The number of hydrogen-bond acceptors (Lipinski definition) is 3. The second-order valence-electron chi connectivity index (χ2n) is 7.22. The molecule has 126 valence electrons. The number of benzene rings is 1. The van der Waals surface area contributed by atoms with Crippen LogP contribution in [0.15, 0.2) is 23.3 Å². The summed E-state index contributed by atoms with van der Waals surface area (Å²) in [4.78, 5) is 13.1. The van der Waals surface area contributed by atoms with Crippen molar-refractivity contribution in [1.82, 2.24) is 5.43 Å². The molecular formula is C19H21ClN2OS. The molecule has 0 radical (unpaired) electrons. The van der Waals surface area contributed by atoms with Gasteiger partial charge in [0.15, 0.2) is 0 Å². The molecule has 0 spiro atoms. The van der Waals surface area contributed by atoms with E-state index in [9.17, 15) is 4.79 Å². The van der Waals surface area contributed by atoms with Crippen LogP contribution in [0.2, 0.25) is 5.02 Å². The quantitative estimate of drug-likeness (QED) is 0.577. The SMILES string of the molecule is C/C(=N\NC(=O)c1sc2cc(C)ccc2c1Cl)C1CC2CCC1C2. The number of rotatable bonds is 3. The van der Waals surface area contributed by atoms with E-state index in [1.165, 1.54) is 37.0 Å². The van der Waals surface area contributed by atoms with Crippen LogP contribution in [0.3, 0.4) is 0 Å².